The van der Waals surface area contributed by atoms with Gasteiger partial charge >= 0.3 is 5.63 Å². The Labute approximate surface area is 133 Å². The second-order valence-corrected chi connectivity index (χ2v) is 5.93. The van der Waals surface area contributed by atoms with Crippen LogP contribution in [0.5, 0.6) is 0 Å². The summed E-state index contributed by atoms with van der Waals surface area (Å²) in [6.07, 6.45) is 0.669. The van der Waals surface area contributed by atoms with E-state index in [4.69, 9.17) is 4.42 Å². The second-order valence-electron chi connectivity index (χ2n) is 5.93. The molecule has 1 aliphatic heterocycles. The van der Waals surface area contributed by atoms with Gasteiger partial charge in [-0.3, -0.25) is 4.99 Å². The van der Waals surface area contributed by atoms with Gasteiger partial charge in [-0.1, -0.05) is 18.2 Å². The van der Waals surface area contributed by atoms with E-state index < -0.39 is 0 Å². The van der Waals surface area contributed by atoms with Crippen molar-refractivity contribution in [3.05, 3.63) is 70.1 Å². The molecule has 0 atom stereocenters. The van der Waals surface area contributed by atoms with Gasteiger partial charge in [-0.15, -0.1) is 0 Å². The van der Waals surface area contributed by atoms with E-state index in [1.807, 2.05) is 67.5 Å². The highest BCUT2D eigenvalue weighted by Crippen LogP contribution is 2.28. The minimum Gasteiger partial charge on any atom is -0.422 e. The Bertz CT molecular complexity index is 1000. The predicted octanol–water partition coefficient (Wildman–Crippen LogP) is 3.54. The minimum atomic E-state index is -0.333. The molecule has 2 aromatic carbocycles. The first-order valence-corrected chi connectivity index (χ1v) is 7.53. The fourth-order valence-corrected chi connectivity index (χ4v) is 2.87. The molecule has 0 radical (unpaired) electrons. The molecule has 0 fully saturated rings. The summed E-state index contributed by atoms with van der Waals surface area (Å²) in [7, 11) is 3.91. The van der Waals surface area contributed by atoms with Crippen molar-refractivity contribution in [2.75, 3.05) is 19.0 Å². The number of hydrogen-bond acceptors (Lipinski definition) is 4. The SMILES string of the molecule is CN(C)c1ccc2cc(C3=Nc4ccccc4C3)c(=O)oc2c1. The van der Waals surface area contributed by atoms with Gasteiger partial charge < -0.3 is 9.32 Å². The Morgan fingerprint density at radius 1 is 1.09 bits per heavy atom. The van der Waals surface area contributed by atoms with Crippen LogP contribution >= 0.6 is 0 Å². The third-order valence-corrected chi connectivity index (χ3v) is 4.15. The lowest BCUT2D eigenvalue weighted by molar-refractivity contribution is 0.559. The van der Waals surface area contributed by atoms with Crippen molar-refractivity contribution in [3.63, 3.8) is 0 Å². The first-order chi connectivity index (χ1) is 11.1. The number of para-hydroxylation sites is 1. The Morgan fingerprint density at radius 3 is 2.70 bits per heavy atom. The van der Waals surface area contributed by atoms with Crippen molar-refractivity contribution in [3.8, 4) is 0 Å². The smallest absolute Gasteiger partial charge is 0.345 e. The molecule has 3 aromatic rings. The highest BCUT2D eigenvalue weighted by molar-refractivity contribution is 6.07. The van der Waals surface area contributed by atoms with Gasteiger partial charge in [-0.25, -0.2) is 4.79 Å². The van der Waals surface area contributed by atoms with Crippen molar-refractivity contribution in [2.45, 2.75) is 6.42 Å². The minimum absolute atomic E-state index is 0.333. The van der Waals surface area contributed by atoms with Crippen molar-refractivity contribution < 1.29 is 4.42 Å². The highest BCUT2D eigenvalue weighted by Gasteiger charge is 2.19. The summed E-state index contributed by atoms with van der Waals surface area (Å²) in [4.78, 5) is 19.0. The van der Waals surface area contributed by atoms with Crippen LogP contribution in [0.15, 0.2) is 62.7 Å². The fraction of sp³-hybridized carbons (Fsp3) is 0.158. The highest BCUT2D eigenvalue weighted by atomic mass is 16.4. The van der Waals surface area contributed by atoms with Crippen molar-refractivity contribution >= 4 is 28.1 Å². The van der Waals surface area contributed by atoms with Crippen LogP contribution in [0, 0.1) is 0 Å². The standard InChI is InChI=1S/C19H16N2O2/c1-21(2)14-8-7-13-9-15(19(22)23-18(13)11-14)17-10-12-5-3-4-6-16(12)20-17/h3-9,11H,10H2,1-2H3. The molecule has 0 amide bonds. The van der Waals surface area contributed by atoms with E-state index in [0.29, 0.717) is 17.6 Å². The largest absolute Gasteiger partial charge is 0.422 e. The van der Waals surface area contributed by atoms with E-state index in [2.05, 4.69) is 4.99 Å². The maximum absolute atomic E-state index is 12.4. The molecule has 0 saturated heterocycles. The molecule has 4 nitrogen and oxygen atoms in total. The van der Waals surface area contributed by atoms with Gasteiger partial charge in [-0.05, 0) is 29.8 Å². The lowest BCUT2D eigenvalue weighted by atomic mass is 10.0. The number of hydrogen-bond donors (Lipinski definition) is 0. The van der Waals surface area contributed by atoms with E-state index in [9.17, 15) is 4.79 Å². The molecule has 4 heteroatoms. The fourth-order valence-electron chi connectivity index (χ4n) is 2.87. The molecular weight excluding hydrogens is 288 g/mol. The number of rotatable bonds is 2. The molecule has 2 heterocycles. The Morgan fingerprint density at radius 2 is 1.91 bits per heavy atom. The number of benzene rings is 2. The van der Waals surface area contributed by atoms with Gasteiger partial charge in [0.1, 0.15) is 5.58 Å². The number of anilines is 1. The molecule has 114 valence electrons. The normalized spacial score (nSPS) is 13.0. The lowest BCUT2D eigenvalue weighted by Crippen LogP contribution is -2.15. The zero-order chi connectivity index (χ0) is 16.0. The van der Waals surface area contributed by atoms with Crippen LogP contribution in [-0.2, 0) is 6.42 Å². The van der Waals surface area contributed by atoms with Gasteiger partial charge in [-0.2, -0.15) is 0 Å². The summed E-state index contributed by atoms with van der Waals surface area (Å²) in [5, 5.41) is 0.906. The summed E-state index contributed by atoms with van der Waals surface area (Å²) in [6, 6.07) is 15.7. The quantitative estimate of drug-likeness (QED) is 0.680. The second kappa shape index (κ2) is 5.09. The van der Waals surface area contributed by atoms with Crippen molar-refractivity contribution in [2.24, 2.45) is 4.99 Å². The average molecular weight is 304 g/mol. The van der Waals surface area contributed by atoms with Gasteiger partial charge in [0.05, 0.1) is 17.0 Å². The Balaban J connectivity index is 1.82. The van der Waals surface area contributed by atoms with Crippen LogP contribution in [0.1, 0.15) is 11.1 Å². The summed E-state index contributed by atoms with van der Waals surface area (Å²) < 4.78 is 5.53. The summed E-state index contributed by atoms with van der Waals surface area (Å²) in [5.41, 5.74) is 4.67. The molecule has 4 rings (SSSR count). The number of nitrogens with zero attached hydrogens (tertiary/aromatic N) is 2. The van der Waals surface area contributed by atoms with Crippen molar-refractivity contribution in [1.29, 1.82) is 0 Å². The summed E-state index contributed by atoms with van der Waals surface area (Å²) in [6.45, 7) is 0. The van der Waals surface area contributed by atoms with Crippen LogP contribution in [-0.4, -0.2) is 19.8 Å². The van der Waals surface area contributed by atoms with Crippen LogP contribution in [0.3, 0.4) is 0 Å². The average Bonchev–Trinajstić information content (AvgIpc) is 2.97. The lowest BCUT2D eigenvalue weighted by Gasteiger charge is -2.12. The van der Waals surface area contributed by atoms with E-state index in [0.717, 1.165) is 28.0 Å². The Kier molecular flexibility index (Phi) is 3.05. The van der Waals surface area contributed by atoms with Gasteiger partial charge in [0.2, 0.25) is 0 Å². The molecule has 0 unspecified atom stereocenters. The van der Waals surface area contributed by atoms with Crippen LogP contribution < -0.4 is 10.5 Å². The van der Waals surface area contributed by atoms with E-state index in [1.54, 1.807) is 0 Å². The number of aliphatic imine (C=N–C) groups is 1. The van der Waals surface area contributed by atoms with Gasteiger partial charge in [0.15, 0.2) is 0 Å². The first kappa shape index (κ1) is 13.8. The predicted molar refractivity (Wildman–Crippen MR) is 93.2 cm³/mol. The Hall–Kier alpha value is -2.88. The molecule has 0 spiro atoms. The zero-order valence-corrected chi connectivity index (χ0v) is 13.0. The molecule has 0 N–H and O–H groups in total. The van der Waals surface area contributed by atoms with E-state index >= 15 is 0 Å². The van der Waals surface area contributed by atoms with Crippen molar-refractivity contribution in [1.82, 2.24) is 0 Å². The van der Waals surface area contributed by atoms with E-state index in [1.165, 1.54) is 0 Å². The first-order valence-electron chi connectivity index (χ1n) is 7.53. The van der Waals surface area contributed by atoms with Gasteiger partial charge in [0, 0.05) is 37.7 Å². The molecule has 1 aliphatic rings. The third kappa shape index (κ3) is 2.32. The van der Waals surface area contributed by atoms with Crippen LogP contribution in [0.2, 0.25) is 0 Å². The molecular formula is C19H16N2O2. The number of fused-ring (bicyclic) bond motifs is 2. The van der Waals surface area contributed by atoms with Crippen LogP contribution in [0.4, 0.5) is 11.4 Å². The van der Waals surface area contributed by atoms with Gasteiger partial charge in [0.25, 0.3) is 0 Å². The molecule has 0 saturated carbocycles. The maximum Gasteiger partial charge on any atom is 0.345 e. The molecule has 1 aromatic heterocycles. The monoisotopic (exact) mass is 304 g/mol. The molecule has 0 aliphatic carbocycles. The van der Waals surface area contributed by atoms with Crippen LogP contribution in [0.25, 0.3) is 11.0 Å². The maximum atomic E-state index is 12.4. The topological polar surface area (TPSA) is 45.8 Å². The zero-order valence-electron chi connectivity index (χ0n) is 13.0. The summed E-state index contributed by atoms with van der Waals surface area (Å²) in [5.74, 6) is 0. The third-order valence-electron chi connectivity index (χ3n) is 4.15. The van der Waals surface area contributed by atoms with E-state index in [-0.39, 0.29) is 5.63 Å². The molecule has 23 heavy (non-hydrogen) atoms. The summed E-state index contributed by atoms with van der Waals surface area (Å²) >= 11 is 0. The molecule has 0 bridgehead atoms.